The highest BCUT2D eigenvalue weighted by molar-refractivity contribution is 6.35. The Labute approximate surface area is 124 Å². The third kappa shape index (κ3) is 2.63. The zero-order chi connectivity index (χ0) is 14.4. The van der Waals surface area contributed by atoms with Gasteiger partial charge in [0.05, 0.1) is 6.04 Å². The summed E-state index contributed by atoms with van der Waals surface area (Å²) in [6, 6.07) is 0.117. The van der Waals surface area contributed by atoms with Crippen LogP contribution in [0.4, 0.5) is 4.79 Å². The second-order valence-electron chi connectivity index (χ2n) is 5.85. The van der Waals surface area contributed by atoms with E-state index >= 15 is 0 Å². The highest BCUT2D eigenvalue weighted by atomic mass is 35.5. The van der Waals surface area contributed by atoms with Crippen LogP contribution in [0, 0.1) is 5.41 Å². The van der Waals surface area contributed by atoms with Gasteiger partial charge in [-0.05, 0) is 33.3 Å². The van der Waals surface area contributed by atoms with Gasteiger partial charge in [-0.15, -0.1) is 0 Å². The summed E-state index contributed by atoms with van der Waals surface area (Å²) in [5, 5.41) is 1.30. The summed E-state index contributed by atoms with van der Waals surface area (Å²) in [7, 11) is 0. The number of allylic oxidation sites excluding steroid dienone is 3. The van der Waals surface area contributed by atoms with Crippen LogP contribution in [0.2, 0.25) is 0 Å². The zero-order valence-electron chi connectivity index (χ0n) is 11.6. The molecule has 0 radical (unpaired) electrons. The molecular weight excluding hydrogens is 285 g/mol. The minimum absolute atomic E-state index is 0.000725. The molecule has 3 atom stereocenters. The summed E-state index contributed by atoms with van der Waals surface area (Å²) in [6.45, 7) is 8.01. The third-order valence-electron chi connectivity index (χ3n) is 3.83. The number of carbonyl (C=O) groups is 1. The molecule has 2 rings (SSSR count). The number of ether oxygens (including phenoxy) is 1. The number of carbonyl (C=O) groups excluding carboxylic acids is 1. The van der Waals surface area contributed by atoms with Crippen LogP contribution in [-0.4, -0.2) is 29.2 Å². The molecule has 1 heterocycles. The molecule has 0 aromatic heterocycles. The summed E-state index contributed by atoms with van der Waals surface area (Å²) in [6.07, 6.45) is 3.83. The Morgan fingerprint density at radius 3 is 2.58 bits per heavy atom. The Hall–Kier alpha value is -0.670. The van der Waals surface area contributed by atoms with Gasteiger partial charge >= 0.3 is 6.09 Å². The Morgan fingerprint density at radius 2 is 2.11 bits per heavy atom. The normalized spacial score (nSPS) is 35.3. The lowest BCUT2D eigenvalue weighted by Gasteiger charge is -2.36. The van der Waals surface area contributed by atoms with Gasteiger partial charge in [-0.3, -0.25) is 4.90 Å². The zero-order valence-corrected chi connectivity index (χ0v) is 13.1. The van der Waals surface area contributed by atoms with Crippen molar-refractivity contribution in [3.8, 4) is 0 Å². The molecule has 1 aliphatic heterocycles. The van der Waals surface area contributed by atoms with Gasteiger partial charge in [0.15, 0.2) is 0 Å². The molecule has 3 nitrogen and oxygen atoms in total. The van der Waals surface area contributed by atoms with Gasteiger partial charge in [0.25, 0.3) is 0 Å². The monoisotopic (exact) mass is 303 g/mol. The van der Waals surface area contributed by atoms with E-state index in [1.165, 1.54) is 0 Å². The number of rotatable bonds is 2. The highest BCUT2D eigenvalue weighted by Gasteiger charge is 2.49. The summed E-state index contributed by atoms with van der Waals surface area (Å²) in [5.41, 5.74) is -0.359. The Kier molecular flexibility index (Phi) is 3.90. The van der Waals surface area contributed by atoms with Gasteiger partial charge in [-0.1, -0.05) is 36.2 Å². The molecule has 0 aromatic carbocycles. The van der Waals surface area contributed by atoms with Crippen molar-refractivity contribution in [1.82, 2.24) is 4.90 Å². The smallest absolute Gasteiger partial charge is 0.410 e. The van der Waals surface area contributed by atoms with Crippen molar-refractivity contribution in [1.29, 1.82) is 0 Å². The Morgan fingerprint density at radius 1 is 1.47 bits per heavy atom. The molecule has 2 aliphatic rings. The summed E-state index contributed by atoms with van der Waals surface area (Å²) < 4.78 is 5.58. The molecule has 106 valence electrons. The molecule has 1 unspecified atom stereocenters. The number of cyclic esters (lactones) is 1. The van der Waals surface area contributed by atoms with Gasteiger partial charge in [0.1, 0.15) is 6.10 Å². The maximum absolute atomic E-state index is 12.0. The van der Waals surface area contributed by atoms with E-state index in [-0.39, 0.29) is 29.7 Å². The van der Waals surface area contributed by atoms with E-state index in [0.29, 0.717) is 16.5 Å². The predicted molar refractivity (Wildman–Crippen MR) is 77.3 cm³/mol. The van der Waals surface area contributed by atoms with Crippen molar-refractivity contribution in [2.75, 3.05) is 0 Å². The van der Waals surface area contributed by atoms with Crippen molar-refractivity contribution in [3.63, 3.8) is 0 Å². The molecular formula is C14H19Cl2NO2. The summed E-state index contributed by atoms with van der Waals surface area (Å²) in [4.78, 5) is 13.8. The van der Waals surface area contributed by atoms with Gasteiger partial charge in [0, 0.05) is 21.5 Å². The lowest BCUT2D eigenvalue weighted by atomic mass is 9.76. The molecule has 0 bridgehead atoms. The fourth-order valence-corrected chi connectivity index (χ4v) is 3.94. The van der Waals surface area contributed by atoms with Crippen LogP contribution in [0.1, 0.15) is 34.1 Å². The Balaban J connectivity index is 2.29. The van der Waals surface area contributed by atoms with Crippen molar-refractivity contribution >= 4 is 29.3 Å². The maximum atomic E-state index is 12.0. The Bertz CT molecular complexity index is 458. The molecule has 0 aromatic rings. The fraction of sp³-hybridized carbons (Fsp3) is 0.643. The van der Waals surface area contributed by atoms with Crippen LogP contribution >= 0.6 is 23.2 Å². The lowest BCUT2D eigenvalue weighted by Crippen LogP contribution is -2.44. The molecule has 19 heavy (non-hydrogen) atoms. The number of hydrogen-bond acceptors (Lipinski definition) is 2. The minimum atomic E-state index is -0.359. The van der Waals surface area contributed by atoms with Crippen LogP contribution in [0.15, 0.2) is 22.2 Å². The topological polar surface area (TPSA) is 29.5 Å². The molecule has 1 fully saturated rings. The largest absolute Gasteiger partial charge is 0.443 e. The summed E-state index contributed by atoms with van der Waals surface area (Å²) >= 11 is 12.2. The minimum Gasteiger partial charge on any atom is -0.443 e. The predicted octanol–water partition coefficient (Wildman–Crippen LogP) is 4.26. The molecule has 1 aliphatic carbocycles. The van der Waals surface area contributed by atoms with E-state index in [0.717, 1.165) is 0 Å². The van der Waals surface area contributed by atoms with Crippen LogP contribution in [0.3, 0.4) is 0 Å². The summed E-state index contributed by atoms with van der Waals surface area (Å²) in [5.74, 6) is 0. The van der Waals surface area contributed by atoms with Gasteiger partial charge < -0.3 is 4.74 Å². The second kappa shape index (κ2) is 5.02. The first kappa shape index (κ1) is 14.7. The van der Waals surface area contributed by atoms with Crippen LogP contribution in [0.5, 0.6) is 0 Å². The molecule has 0 spiro atoms. The molecule has 0 N–H and O–H groups in total. The SMILES string of the molecule is CC(C)N1C(=O)O[C@H](C2(C)C=C(Cl)C=C(Cl)C2)[C@@H]1C. The van der Waals surface area contributed by atoms with Gasteiger partial charge in [-0.2, -0.15) is 0 Å². The number of nitrogens with zero attached hydrogens (tertiary/aromatic N) is 1. The van der Waals surface area contributed by atoms with E-state index in [1.807, 2.05) is 33.8 Å². The first-order valence-corrected chi connectivity index (χ1v) is 7.23. The molecule has 1 amide bonds. The van der Waals surface area contributed by atoms with E-state index in [2.05, 4.69) is 0 Å². The first-order valence-electron chi connectivity index (χ1n) is 6.48. The van der Waals surface area contributed by atoms with Crippen molar-refractivity contribution < 1.29 is 9.53 Å². The van der Waals surface area contributed by atoms with Crippen LogP contribution in [-0.2, 0) is 4.74 Å². The van der Waals surface area contributed by atoms with E-state index in [4.69, 9.17) is 27.9 Å². The second-order valence-corrected chi connectivity index (χ2v) is 6.77. The molecule has 0 saturated carbocycles. The van der Waals surface area contributed by atoms with E-state index in [9.17, 15) is 4.79 Å². The maximum Gasteiger partial charge on any atom is 0.410 e. The average Bonchev–Trinajstić information content (AvgIpc) is 2.52. The van der Waals surface area contributed by atoms with Gasteiger partial charge in [0.2, 0.25) is 0 Å². The average molecular weight is 304 g/mol. The first-order chi connectivity index (χ1) is 8.74. The third-order valence-corrected chi connectivity index (χ3v) is 4.29. The van der Waals surface area contributed by atoms with E-state index < -0.39 is 0 Å². The number of halogens is 2. The molecule has 1 saturated heterocycles. The fourth-order valence-electron chi connectivity index (χ4n) is 3.10. The lowest BCUT2D eigenvalue weighted by molar-refractivity contribution is 0.0641. The van der Waals surface area contributed by atoms with Crippen molar-refractivity contribution in [3.05, 3.63) is 22.2 Å². The quantitative estimate of drug-likeness (QED) is 0.763. The molecule has 5 heteroatoms. The van der Waals surface area contributed by atoms with Gasteiger partial charge in [-0.25, -0.2) is 4.79 Å². The highest BCUT2D eigenvalue weighted by Crippen LogP contribution is 2.44. The van der Waals surface area contributed by atoms with Crippen molar-refractivity contribution in [2.24, 2.45) is 5.41 Å². The number of hydrogen-bond donors (Lipinski definition) is 0. The standard InChI is InChI=1S/C14H19Cl2NO2/c1-8(2)17-9(3)12(19-13(17)18)14(4)6-10(15)5-11(16)7-14/h5-6,8-9,12H,7H2,1-4H3/t9-,12-,14?/m0/s1. The van der Waals surface area contributed by atoms with E-state index in [1.54, 1.807) is 11.0 Å². The van der Waals surface area contributed by atoms with Crippen LogP contribution < -0.4 is 0 Å². The van der Waals surface area contributed by atoms with Crippen LogP contribution in [0.25, 0.3) is 0 Å². The van der Waals surface area contributed by atoms with Crippen molar-refractivity contribution in [2.45, 2.75) is 52.3 Å². The number of amides is 1.